The highest BCUT2D eigenvalue weighted by molar-refractivity contribution is 14.1. The molecular weight excluding hydrogens is 419 g/mol. The minimum atomic E-state index is -0.221. The number of halogens is 1. The molecule has 3 rings (SSSR count). The average Bonchev–Trinajstić information content (AvgIpc) is 2.99. The lowest BCUT2D eigenvalue weighted by atomic mass is 10.2. The van der Waals surface area contributed by atoms with Crippen LogP contribution in [0.4, 0.5) is 5.69 Å². The summed E-state index contributed by atoms with van der Waals surface area (Å²) in [6.07, 6.45) is 3.24. The van der Waals surface area contributed by atoms with Gasteiger partial charge in [-0.05, 0) is 53.8 Å². The fraction of sp³-hybridized carbons (Fsp3) is 0.118. The van der Waals surface area contributed by atoms with Gasteiger partial charge in [0, 0.05) is 15.8 Å². The summed E-state index contributed by atoms with van der Waals surface area (Å²) < 4.78 is 7.78. The number of nitrogens with one attached hydrogen (secondary N) is 1. The molecule has 0 radical (unpaired) electrons. The van der Waals surface area contributed by atoms with Crippen LogP contribution in [-0.4, -0.2) is 27.8 Å². The summed E-state index contributed by atoms with van der Waals surface area (Å²) in [7, 11) is 1.59. The molecule has 0 saturated carbocycles. The van der Waals surface area contributed by atoms with Crippen LogP contribution in [0.5, 0.6) is 5.75 Å². The zero-order valence-electron chi connectivity index (χ0n) is 13.2. The quantitative estimate of drug-likeness (QED) is 0.639. The first-order chi connectivity index (χ1) is 11.6. The number of hydrogen-bond donors (Lipinski definition) is 1. The highest BCUT2D eigenvalue weighted by Crippen LogP contribution is 2.25. The highest BCUT2D eigenvalue weighted by Gasteiger charge is 2.17. The molecule has 0 bridgehead atoms. The minimum absolute atomic E-state index is 0.221. The monoisotopic (exact) mass is 434 g/mol. The van der Waals surface area contributed by atoms with Crippen molar-refractivity contribution < 1.29 is 9.53 Å². The normalized spacial score (nSPS) is 10.5. The van der Waals surface area contributed by atoms with E-state index in [4.69, 9.17) is 4.74 Å². The summed E-state index contributed by atoms with van der Waals surface area (Å²) >= 11 is 2.17. The predicted octanol–water partition coefficient (Wildman–Crippen LogP) is 3.44. The van der Waals surface area contributed by atoms with Crippen LogP contribution >= 0.6 is 22.6 Å². The second-order valence-corrected chi connectivity index (χ2v) is 6.21. The molecule has 0 aliphatic rings. The Morgan fingerprint density at radius 1 is 1.29 bits per heavy atom. The van der Waals surface area contributed by atoms with Gasteiger partial charge < -0.3 is 10.1 Å². The molecule has 1 amide bonds. The Bertz CT molecular complexity index is 878. The first-order valence-corrected chi connectivity index (χ1v) is 8.29. The zero-order valence-corrected chi connectivity index (χ0v) is 15.3. The van der Waals surface area contributed by atoms with Gasteiger partial charge in [0.15, 0.2) is 5.82 Å². The SMILES string of the molecule is COc1ccc(I)c(NC(=O)c2cnn(-c3ccccn3)c2C)c1. The molecule has 0 atom stereocenters. The van der Waals surface area contributed by atoms with Crippen LogP contribution in [0, 0.1) is 10.5 Å². The van der Waals surface area contributed by atoms with Crippen molar-refractivity contribution in [2.75, 3.05) is 12.4 Å². The number of pyridine rings is 1. The Morgan fingerprint density at radius 2 is 2.12 bits per heavy atom. The third-order valence-electron chi connectivity index (χ3n) is 3.54. The molecule has 7 heteroatoms. The molecule has 122 valence electrons. The maximum atomic E-state index is 12.6. The van der Waals surface area contributed by atoms with E-state index in [1.807, 2.05) is 37.3 Å². The number of carbonyl (C=O) groups is 1. The summed E-state index contributed by atoms with van der Waals surface area (Å²) in [5, 5.41) is 7.18. The van der Waals surface area contributed by atoms with Gasteiger partial charge >= 0.3 is 0 Å². The molecule has 3 aromatic rings. The third-order valence-corrected chi connectivity index (χ3v) is 4.48. The smallest absolute Gasteiger partial charge is 0.259 e. The molecule has 0 fully saturated rings. The van der Waals surface area contributed by atoms with E-state index in [0.29, 0.717) is 22.8 Å². The van der Waals surface area contributed by atoms with Crippen LogP contribution in [0.1, 0.15) is 16.1 Å². The van der Waals surface area contributed by atoms with Gasteiger partial charge in [0.25, 0.3) is 5.91 Å². The van der Waals surface area contributed by atoms with Gasteiger partial charge in [-0.1, -0.05) is 6.07 Å². The van der Waals surface area contributed by atoms with Gasteiger partial charge in [-0.15, -0.1) is 0 Å². The molecule has 1 N–H and O–H groups in total. The standard InChI is InChI=1S/C17H15IN4O2/c1-11-13(10-20-22(11)16-5-3-4-8-19-16)17(23)21-15-9-12(24-2)6-7-14(15)18/h3-10H,1-2H3,(H,21,23). The number of methoxy groups -OCH3 is 1. The highest BCUT2D eigenvalue weighted by atomic mass is 127. The lowest BCUT2D eigenvalue weighted by molar-refractivity contribution is 0.102. The van der Waals surface area contributed by atoms with Crippen molar-refractivity contribution in [3.63, 3.8) is 0 Å². The van der Waals surface area contributed by atoms with Gasteiger partial charge in [-0.3, -0.25) is 4.79 Å². The fourth-order valence-corrected chi connectivity index (χ4v) is 2.73. The maximum absolute atomic E-state index is 12.6. The van der Waals surface area contributed by atoms with E-state index >= 15 is 0 Å². The van der Waals surface area contributed by atoms with Crippen LogP contribution < -0.4 is 10.1 Å². The minimum Gasteiger partial charge on any atom is -0.497 e. The molecule has 0 aliphatic carbocycles. The number of amides is 1. The number of rotatable bonds is 4. The van der Waals surface area contributed by atoms with Crippen molar-refractivity contribution in [2.45, 2.75) is 6.92 Å². The van der Waals surface area contributed by atoms with Crippen molar-refractivity contribution in [1.82, 2.24) is 14.8 Å². The summed E-state index contributed by atoms with van der Waals surface area (Å²) in [5.74, 6) is 1.14. The maximum Gasteiger partial charge on any atom is 0.259 e. The van der Waals surface area contributed by atoms with Crippen molar-refractivity contribution >= 4 is 34.2 Å². The largest absolute Gasteiger partial charge is 0.497 e. The van der Waals surface area contributed by atoms with Crippen molar-refractivity contribution in [3.05, 3.63) is 63.6 Å². The van der Waals surface area contributed by atoms with Gasteiger partial charge in [0.2, 0.25) is 0 Å². The molecule has 2 heterocycles. The van der Waals surface area contributed by atoms with Crippen molar-refractivity contribution in [2.24, 2.45) is 0 Å². The van der Waals surface area contributed by atoms with Crippen molar-refractivity contribution in [1.29, 1.82) is 0 Å². The molecule has 2 aromatic heterocycles. The summed E-state index contributed by atoms with van der Waals surface area (Å²) in [6, 6.07) is 11.1. The second kappa shape index (κ2) is 7.00. The van der Waals surface area contributed by atoms with E-state index in [2.05, 4.69) is 38.0 Å². The molecular formula is C17H15IN4O2. The Morgan fingerprint density at radius 3 is 2.83 bits per heavy atom. The number of benzene rings is 1. The third kappa shape index (κ3) is 3.25. The lowest BCUT2D eigenvalue weighted by Gasteiger charge is -2.09. The van der Waals surface area contributed by atoms with Crippen LogP contribution in [0.15, 0.2) is 48.8 Å². The Kier molecular flexibility index (Phi) is 4.79. The van der Waals surface area contributed by atoms with Crippen LogP contribution in [0.25, 0.3) is 5.82 Å². The Hall–Kier alpha value is -2.42. The molecule has 0 spiro atoms. The van der Waals surface area contributed by atoms with E-state index < -0.39 is 0 Å². The fourth-order valence-electron chi connectivity index (χ4n) is 2.26. The van der Waals surface area contributed by atoms with E-state index in [9.17, 15) is 4.79 Å². The second-order valence-electron chi connectivity index (χ2n) is 5.04. The van der Waals surface area contributed by atoms with Crippen LogP contribution in [0.3, 0.4) is 0 Å². The van der Waals surface area contributed by atoms with Gasteiger partial charge in [-0.2, -0.15) is 5.10 Å². The number of nitrogens with zero attached hydrogens (tertiary/aromatic N) is 3. The van der Waals surface area contributed by atoms with Gasteiger partial charge in [-0.25, -0.2) is 9.67 Å². The van der Waals surface area contributed by atoms with E-state index in [0.717, 1.165) is 9.26 Å². The number of carbonyl (C=O) groups excluding carboxylic acids is 1. The van der Waals surface area contributed by atoms with Gasteiger partial charge in [0.05, 0.1) is 30.3 Å². The predicted molar refractivity (Wildman–Crippen MR) is 99.8 cm³/mol. The van der Waals surface area contributed by atoms with E-state index in [-0.39, 0.29) is 5.91 Å². The molecule has 0 aliphatic heterocycles. The number of hydrogen-bond acceptors (Lipinski definition) is 4. The lowest BCUT2D eigenvalue weighted by Crippen LogP contribution is -2.14. The van der Waals surface area contributed by atoms with Crippen molar-refractivity contribution in [3.8, 4) is 11.6 Å². The molecule has 24 heavy (non-hydrogen) atoms. The molecule has 6 nitrogen and oxygen atoms in total. The Labute approximate surface area is 153 Å². The number of anilines is 1. The van der Waals surface area contributed by atoms with E-state index in [1.165, 1.54) is 0 Å². The number of aromatic nitrogens is 3. The molecule has 0 unspecified atom stereocenters. The van der Waals surface area contributed by atoms with Gasteiger partial charge in [0.1, 0.15) is 5.75 Å². The molecule has 1 aromatic carbocycles. The summed E-state index contributed by atoms with van der Waals surface area (Å²) in [5.41, 5.74) is 1.92. The number of ether oxygens (including phenoxy) is 1. The van der Waals surface area contributed by atoms with Crippen LogP contribution in [-0.2, 0) is 0 Å². The summed E-state index contributed by atoms with van der Waals surface area (Å²) in [6.45, 7) is 1.84. The first kappa shape index (κ1) is 16.4. The Balaban J connectivity index is 1.88. The first-order valence-electron chi connectivity index (χ1n) is 7.21. The zero-order chi connectivity index (χ0) is 17.1. The van der Waals surface area contributed by atoms with E-state index in [1.54, 1.807) is 30.3 Å². The van der Waals surface area contributed by atoms with Crippen LogP contribution in [0.2, 0.25) is 0 Å². The molecule has 0 saturated heterocycles. The average molecular weight is 434 g/mol. The topological polar surface area (TPSA) is 69.0 Å². The summed E-state index contributed by atoms with van der Waals surface area (Å²) in [4.78, 5) is 16.9.